The van der Waals surface area contributed by atoms with Crippen LogP contribution in [0, 0.1) is 5.92 Å². The number of anilines is 1. The highest BCUT2D eigenvalue weighted by molar-refractivity contribution is 6.05. The topological polar surface area (TPSA) is 87.0 Å². The summed E-state index contributed by atoms with van der Waals surface area (Å²) in [6.45, 7) is 4.17. The Bertz CT molecular complexity index is 665. The lowest BCUT2D eigenvalue weighted by molar-refractivity contribution is 0.0880. The van der Waals surface area contributed by atoms with Gasteiger partial charge in [-0.15, -0.1) is 0 Å². The number of benzene rings is 1. The molecule has 1 saturated heterocycles. The van der Waals surface area contributed by atoms with Crippen molar-refractivity contribution in [1.82, 2.24) is 20.4 Å². The Morgan fingerprint density at radius 2 is 2.33 bits per heavy atom. The Labute approximate surface area is 123 Å². The number of piperidine rings is 1. The molecule has 112 valence electrons. The zero-order chi connectivity index (χ0) is 15.0. The van der Waals surface area contributed by atoms with Crippen LogP contribution < -0.4 is 11.1 Å². The second-order valence-electron chi connectivity index (χ2n) is 5.99. The van der Waals surface area contributed by atoms with Crippen molar-refractivity contribution >= 4 is 22.5 Å². The van der Waals surface area contributed by atoms with Crippen LogP contribution in [0.1, 0.15) is 23.8 Å². The van der Waals surface area contributed by atoms with E-state index in [1.165, 1.54) is 0 Å². The largest absolute Gasteiger partial charge is 0.399 e. The van der Waals surface area contributed by atoms with E-state index in [0.717, 1.165) is 30.4 Å². The Hall–Kier alpha value is -2.08. The summed E-state index contributed by atoms with van der Waals surface area (Å²) in [4.78, 5) is 14.8. The minimum absolute atomic E-state index is 0.131. The molecule has 21 heavy (non-hydrogen) atoms. The first-order valence-corrected chi connectivity index (χ1v) is 7.27. The Kier molecular flexibility index (Phi) is 3.55. The molecule has 0 aliphatic carbocycles. The summed E-state index contributed by atoms with van der Waals surface area (Å²) in [7, 11) is 2.11. The minimum Gasteiger partial charge on any atom is -0.399 e. The number of nitrogens with zero attached hydrogens (tertiary/aromatic N) is 2. The number of amides is 1. The standard InChI is InChI=1S/C15H21N5O/c1-9-8-20(2)6-5-12(9)17-15(21)14-11-7-10(16)3-4-13(11)18-19-14/h3-4,7,9,12H,5-6,8,16H2,1-2H3,(H,17,21)(H,18,19). The molecule has 6 nitrogen and oxygen atoms in total. The van der Waals surface area contributed by atoms with Gasteiger partial charge in [0.1, 0.15) is 0 Å². The first-order valence-electron chi connectivity index (χ1n) is 7.27. The SMILES string of the molecule is CC1CN(C)CCC1NC(=O)c1n[nH]c2ccc(N)cc12. The molecule has 1 aromatic heterocycles. The monoisotopic (exact) mass is 287 g/mol. The number of hydrogen-bond donors (Lipinski definition) is 3. The molecule has 2 unspecified atom stereocenters. The van der Waals surface area contributed by atoms with Crippen LogP contribution in [-0.2, 0) is 0 Å². The summed E-state index contributed by atoms with van der Waals surface area (Å²) >= 11 is 0. The Balaban J connectivity index is 1.79. The molecule has 3 rings (SSSR count). The van der Waals surface area contributed by atoms with Gasteiger partial charge in [-0.25, -0.2) is 0 Å². The van der Waals surface area contributed by atoms with Gasteiger partial charge in [0.05, 0.1) is 5.52 Å². The van der Waals surface area contributed by atoms with E-state index in [1.54, 1.807) is 12.1 Å². The summed E-state index contributed by atoms with van der Waals surface area (Å²) in [5.74, 6) is 0.302. The van der Waals surface area contributed by atoms with Crippen molar-refractivity contribution in [2.45, 2.75) is 19.4 Å². The number of nitrogens with one attached hydrogen (secondary N) is 2. The molecule has 1 amide bonds. The molecule has 1 fully saturated rings. The second kappa shape index (κ2) is 5.37. The number of aromatic nitrogens is 2. The maximum Gasteiger partial charge on any atom is 0.272 e. The third-order valence-corrected chi connectivity index (χ3v) is 4.23. The summed E-state index contributed by atoms with van der Waals surface area (Å²) in [6.07, 6.45) is 0.966. The van der Waals surface area contributed by atoms with Crippen LogP contribution in [0.25, 0.3) is 10.9 Å². The number of H-pyrrole nitrogens is 1. The van der Waals surface area contributed by atoms with E-state index in [2.05, 4.69) is 34.4 Å². The van der Waals surface area contributed by atoms with Gasteiger partial charge in [0.15, 0.2) is 5.69 Å². The lowest BCUT2D eigenvalue weighted by atomic mass is 9.94. The second-order valence-corrected chi connectivity index (χ2v) is 5.99. The molecule has 1 aromatic carbocycles. The van der Waals surface area contributed by atoms with E-state index in [1.807, 2.05) is 6.07 Å². The van der Waals surface area contributed by atoms with Gasteiger partial charge in [0.25, 0.3) is 5.91 Å². The molecule has 0 bridgehead atoms. The van der Waals surface area contributed by atoms with Crippen LogP contribution in [0.15, 0.2) is 18.2 Å². The average Bonchev–Trinajstić information content (AvgIpc) is 2.85. The number of aromatic amines is 1. The van der Waals surface area contributed by atoms with Crippen molar-refractivity contribution in [2.75, 3.05) is 25.9 Å². The van der Waals surface area contributed by atoms with Crippen molar-refractivity contribution < 1.29 is 4.79 Å². The number of nitrogen functional groups attached to an aromatic ring is 1. The molecular weight excluding hydrogens is 266 g/mol. The molecule has 1 aliphatic heterocycles. The number of carbonyl (C=O) groups excluding carboxylic acids is 1. The Morgan fingerprint density at radius 3 is 3.10 bits per heavy atom. The fraction of sp³-hybridized carbons (Fsp3) is 0.467. The minimum atomic E-state index is -0.131. The van der Waals surface area contributed by atoms with Crippen LogP contribution in [0.5, 0.6) is 0 Å². The van der Waals surface area contributed by atoms with Gasteiger partial charge in [0.2, 0.25) is 0 Å². The summed E-state index contributed by atoms with van der Waals surface area (Å²) in [6, 6.07) is 5.61. The number of rotatable bonds is 2. The molecule has 0 spiro atoms. The van der Waals surface area contributed by atoms with Crippen molar-refractivity contribution in [3.63, 3.8) is 0 Å². The van der Waals surface area contributed by atoms with Gasteiger partial charge in [-0.3, -0.25) is 9.89 Å². The van der Waals surface area contributed by atoms with Crippen LogP contribution >= 0.6 is 0 Å². The van der Waals surface area contributed by atoms with Gasteiger partial charge in [-0.1, -0.05) is 6.92 Å². The summed E-state index contributed by atoms with van der Waals surface area (Å²) < 4.78 is 0. The van der Waals surface area contributed by atoms with E-state index in [-0.39, 0.29) is 11.9 Å². The van der Waals surface area contributed by atoms with Crippen LogP contribution in [0.3, 0.4) is 0 Å². The van der Waals surface area contributed by atoms with E-state index in [4.69, 9.17) is 5.73 Å². The summed E-state index contributed by atoms with van der Waals surface area (Å²) in [5.41, 5.74) is 7.67. The van der Waals surface area contributed by atoms with Crippen molar-refractivity contribution in [3.05, 3.63) is 23.9 Å². The van der Waals surface area contributed by atoms with E-state index in [9.17, 15) is 4.79 Å². The van der Waals surface area contributed by atoms with Crippen molar-refractivity contribution in [3.8, 4) is 0 Å². The van der Waals surface area contributed by atoms with Gasteiger partial charge < -0.3 is 16.0 Å². The fourth-order valence-electron chi connectivity index (χ4n) is 3.01. The number of carbonyl (C=O) groups is 1. The third-order valence-electron chi connectivity index (χ3n) is 4.23. The lowest BCUT2D eigenvalue weighted by Crippen LogP contribution is -2.48. The third kappa shape index (κ3) is 2.71. The van der Waals surface area contributed by atoms with Crippen LogP contribution in [-0.4, -0.2) is 47.2 Å². The van der Waals surface area contributed by atoms with Gasteiger partial charge in [-0.2, -0.15) is 5.10 Å². The molecule has 2 heterocycles. The van der Waals surface area contributed by atoms with E-state index < -0.39 is 0 Å². The smallest absolute Gasteiger partial charge is 0.272 e. The number of hydrogen-bond acceptors (Lipinski definition) is 4. The highest BCUT2D eigenvalue weighted by Crippen LogP contribution is 2.20. The molecule has 2 aromatic rings. The molecule has 4 N–H and O–H groups in total. The van der Waals surface area contributed by atoms with E-state index >= 15 is 0 Å². The Morgan fingerprint density at radius 1 is 1.52 bits per heavy atom. The molecule has 0 saturated carbocycles. The normalized spacial score (nSPS) is 23.3. The zero-order valence-electron chi connectivity index (χ0n) is 12.4. The number of likely N-dealkylation sites (tertiary alicyclic amines) is 1. The molecular formula is C15H21N5O. The highest BCUT2D eigenvalue weighted by atomic mass is 16.2. The van der Waals surface area contributed by atoms with Crippen molar-refractivity contribution in [1.29, 1.82) is 0 Å². The predicted molar refractivity (Wildman–Crippen MR) is 83.0 cm³/mol. The summed E-state index contributed by atoms with van der Waals surface area (Å²) in [5, 5.41) is 10.9. The fourth-order valence-corrected chi connectivity index (χ4v) is 3.01. The predicted octanol–water partition coefficient (Wildman–Crippen LogP) is 1.22. The molecule has 6 heteroatoms. The first kappa shape index (κ1) is 13.9. The quantitative estimate of drug-likeness (QED) is 0.725. The van der Waals surface area contributed by atoms with Crippen LogP contribution in [0.2, 0.25) is 0 Å². The average molecular weight is 287 g/mol. The van der Waals surface area contributed by atoms with Crippen LogP contribution in [0.4, 0.5) is 5.69 Å². The number of fused-ring (bicyclic) bond motifs is 1. The lowest BCUT2D eigenvalue weighted by Gasteiger charge is -2.35. The highest BCUT2D eigenvalue weighted by Gasteiger charge is 2.27. The van der Waals surface area contributed by atoms with Gasteiger partial charge >= 0.3 is 0 Å². The zero-order valence-corrected chi connectivity index (χ0v) is 12.4. The first-order chi connectivity index (χ1) is 10.0. The van der Waals surface area contributed by atoms with E-state index in [0.29, 0.717) is 17.3 Å². The molecule has 1 aliphatic rings. The molecule has 0 radical (unpaired) electrons. The maximum atomic E-state index is 12.5. The number of nitrogens with two attached hydrogens (primary N) is 1. The van der Waals surface area contributed by atoms with Gasteiger partial charge in [0, 0.05) is 23.7 Å². The molecule has 2 atom stereocenters. The maximum absolute atomic E-state index is 12.5. The van der Waals surface area contributed by atoms with Gasteiger partial charge in [-0.05, 0) is 44.1 Å². The van der Waals surface area contributed by atoms with Crippen molar-refractivity contribution in [2.24, 2.45) is 5.92 Å².